The quantitative estimate of drug-likeness (QED) is 0.397. The summed E-state index contributed by atoms with van der Waals surface area (Å²) in [4.78, 5) is 20.4. The van der Waals surface area contributed by atoms with Gasteiger partial charge < -0.3 is 19.4 Å². The molecule has 4 heterocycles. The predicted molar refractivity (Wildman–Crippen MR) is 164 cm³/mol. The van der Waals surface area contributed by atoms with Crippen LogP contribution in [0, 0.1) is 0 Å². The van der Waals surface area contributed by atoms with Crippen molar-refractivity contribution < 1.29 is 4.74 Å². The number of hydrogen-bond donors (Lipinski definition) is 0. The molecule has 7 rings (SSSR count). The van der Waals surface area contributed by atoms with Crippen molar-refractivity contribution >= 4 is 28.1 Å². The van der Waals surface area contributed by atoms with Gasteiger partial charge in [-0.1, -0.05) is 25.1 Å². The average molecular weight is 541 g/mol. The van der Waals surface area contributed by atoms with Crippen LogP contribution in [0.1, 0.15) is 56.3 Å². The summed E-state index contributed by atoms with van der Waals surface area (Å²) < 4.78 is 5.53. The zero-order chi connectivity index (χ0) is 27.1. The monoisotopic (exact) mass is 540 g/mol. The van der Waals surface area contributed by atoms with Gasteiger partial charge in [-0.05, 0) is 67.9 Å². The largest absolute Gasteiger partial charge is 0.379 e. The van der Waals surface area contributed by atoms with E-state index in [1.807, 2.05) is 0 Å². The smallest absolute Gasteiger partial charge is 0.140 e. The SMILES string of the molecule is CN(CCN1CCOCC1)c1ccc2nc(C3(C)CC3)nc(N3CCC(c4ccccc4N4CCC4)CC3)c2c1. The van der Waals surface area contributed by atoms with E-state index in [4.69, 9.17) is 14.7 Å². The van der Waals surface area contributed by atoms with Gasteiger partial charge in [0.15, 0.2) is 0 Å². The fourth-order valence-electron chi connectivity index (χ4n) is 6.59. The van der Waals surface area contributed by atoms with E-state index < -0.39 is 0 Å². The highest BCUT2D eigenvalue weighted by Gasteiger charge is 2.43. The molecule has 3 saturated heterocycles. The van der Waals surface area contributed by atoms with Crippen molar-refractivity contribution in [3.63, 3.8) is 0 Å². The molecule has 7 nitrogen and oxygen atoms in total. The molecule has 1 aromatic heterocycles. The molecule has 0 atom stereocenters. The summed E-state index contributed by atoms with van der Waals surface area (Å²) in [6.45, 7) is 12.6. The summed E-state index contributed by atoms with van der Waals surface area (Å²) in [6.07, 6.45) is 6.04. The average Bonchev–Trinajstić information content (AvgIpc) is 3.73. The number of benzene rings is 2. The Kier molecular flexibility index (Phi) is 7.04. The normalized spacial score (nSPS) is 21.4. The Hall–Kier alpha value is -2.90. The summed E-state index contributed by atoms with van der Waals surface area (Å²) in [5.41, 5.74) is 5.49. The van der Waals surface area contributed by atoms with E-state index in [1.54, 1.807) is 5.56 Å². The Bertz CT molecular complexity index is 1340. The van der Waals surface area contributed by atoms with Crippen LogP contribution in [0.4, 0.5) is 17.2 Å². The molecule has 3 aromatic rings. The fourth-order valence-corrected chi connectivity index (χ4v) is 6.59. The van der Waals surface area contributed by atoms with Gasteiger partial charge in [-0.3, -0.25) is 4.90 Å². The molecule has 0 radical (unpaired) electrons. The number of para-hydroxylation sites is 1. The van der Waals surface area contributed by atoms with Crippen molar-refractivity contribution in [2.24, 2.45) is 0 Å². The minimum Gasteiger partial charge on any atom is -0.379 e. The van der Waals surface area contributed by atoms with Crippen LogP contribution in [0.25, 0.3) is 10.9 Å². The second-order valence-electron chi connectivity index (χ2n) is 12.7. The molecule has 2 aromatic carbocycles. The lowest BCUT2D eigenvalue weighted by Gasteiger charge is -2.39. The number of hydrogen-bond acceptors (Lipinski definition) is 7. The molecule has 40 heavy (non-hydrogen) atoms. The zero-order valence-corrected chi connectivity index (χ0v) is 24.3. The zero-order valence-electron chi connectivity index (χ0n) is 24.3. The summed E-state index contributed by atoms with van der Waals surface area (Å²) >= 11 is 0. The van der Waals surface area contributed by atoms with Gasteiger partial charge >= 0.3 is 0 Å². The number of morpholine rings is 1. The van der Waals surface area contributed by atoms with Crippen LogP contribution in [-0.4, -0.2) is 87.5 Å². The number of nitrogens with zero attached hydrogens (tertiary/aromatic N) is 6. The molecular weight excluding hydrogens is 496 g/mol. The van der Waals surface area contributed by atoms with Crippen LogP contribution < -0.4 is 14.7 Å². The molecule has 0 unspecified atom stereocenters. The number of rotatable bonds is 8. The molecule has 0 bridgehead atoms. The Morgan fingerprint density at radius 3 is 2.42 bits per heavy atom. The van der Waals surface area contributed by atoms with E-state index in [1.165, 1.54) is 62.0 Å². The van der Waals surface area contributed by atoms with Crippen molar-refractivity contribution in [3.8, 4) is 0 Å². The standard InChI is InChI=1S/C33H44N6O/c1-33(12-13-33)32-34-29-9-8-26(36(2)18-19-37-20-22-40-23-21-37)24-28(29)31(35-32)39-16-10-25(11-17-39)27-6-3-4-7-30(27)38-14-5-15-38/h3-4,6-9,24-25H,5,10-23H2,1-2H3. The molecule has 3 aliphatic heterocycles. The summed E-state index contributed by atoms with van der Waals surface area (Å²) in [7, 11) is 2.21. The lowest BCUT2D eigenvalue weighted by molar-refractivity contribution is 0.0393. The van der Waals surface area contributed by atoms with Crippen molar-refractivity contribution in [1.82, 2.24) is 14.9 Å². The third kappa shape index (κ3) is 5.14. The Morgan fingerprint density at radius 2 is 1.70 bits per heavy atom. The highest BCUT2D eigenvalue weighted by molar-refractivity contribution is 5.92. The second kappa shape index (κ2) is 10.8. The Morgan fingerprint density at radius 1 is 0.925 bits per heavy atom. The van der Waals surface area contributed by atoms with Gasteiger partial charge in [-0.2, -0.15) is 0 Å². The molecule has 7 heteroatoms. The Balaban J connectivity index is 1.13. The van der Waals surface area contributed by atoms with Crippen LogP contribution in [0.5, 0.6) is 0 Å². The molecule has 4 fully saturated rings. The number of aromatic nitrogens is 2. The number of piperidine rings is 1. The number of ether oxygens (including phenoxy) is 1. The number of anilines is 3. The molecule has 4 aliphatic rings. The van der Waals surface area contributed by atoms with Crippen LogP contribution in [0.2, 0.25) is 0 Å². The topological polar surface area (TPSA) is 48.0 Å². The maximum absolute atomic E-state index is 5.53. The van der Waals surface area contributed by atoms with E-state index in [0.717, 1.165) is 69.6 Å². The summed E-state index contributed by atoms with van der Waals surface area (Å²) in [6, 6.07) is 16.0. The summed E-state index contributed by atoms with van der Waals surface area (Å²) in [5.74, 6) is 2.79. The third-order valence-electron chi connectivity index (χ3n) is 9.86. The molecule has 212 valence electrons. The van der Waals surface area contributed by atoms with Crippen LogP contribution >= 0.6 is 0 Å². The van der Waals surface area contributed by atoms with Gasteiger partial charge in [0.25, 0.3) is 0 Å². The van der Waals surface area contributed by atoms with Gasteiger partial charge in [-0.15, -0.1) is 0 Å². The van der Waals surface area contributed by atoms with Gasteiger partial charge in [0.05, 0.1) is 18.7 Å². The van der Waals surface area contributed by atoms with E-state index in [9.17, 15) is 0 Å². The van der Waals surface area contributed by atoms with Crippen molar-refractivity contribution in [2.45, 2.75) is 50.4 Å². The van der Waals surface area contributed by atoms with Crippen molar-refractivity contribution in [1.29, 1.82) is 0 Å². The first-order valence-electron chi connectivity index (χ1n) is 15.5. The minimum atomic E-state index is 0.144. The first kappa shape index (κ1) is 26.0. The molecule has 0 spiro atoms. The van der Waals surface area contributed by atoms with Gasteiger partial charge in [0.1, 0.15) is 11.6 Å². The van der Waals surface area contributed by atoms with Crippen molar-refractivity contribution in [3.05, 3.63) is 53.9 Å². The first-order valence-corrected chi connectivity index (χ1v) is 15.5. The number of likely N-dealkylation sites (N-methyl/N-ethyl adjacent to an activating group) is 1. The molecule has 1 aliphatic carbocycles. The van der Waals surface area contributed by atoms with Crippen LogP contribution in [0.15, 0.2) is 42.5 Å². The maximum Gasteiger partial charge on any atom is 0.140 e. The maximum atomic E-state index is 5.53. The molecule has 1 saturated carbocycles. The van der Waals surface area contributed by atoms with E-state index in [0.29, 0.717) is 5.92 Å². The first-order chi connectivity index (χ1) is 19.6. The van der Waals surface area contributed by atoms with E-state index in [-0.39, 0.29) is 5.41 Å². The summed E-state index contributed by atoms with van der Waals surface area (Å²) in [5, 5.41) is 1.20. The van der Waals surface area contributed by atoms with Crippen LogP contribution in [0.3, 0.4) is 0 Å². The predicted octanol–water partition coefficient (Wildman–Crippen LogP) is 5.04. The lowest BCUT2D eigenvalue weighted by Crippen LogP contribution is -2.40. The number of fused-ring (bicyclic) bond motifs is 1. The van der Waals surface area contributed by atoms with Gasteiger partial charge in [0, 0.05) is 81.6 Å². The molecular formula is C33H44N6O. The lowest BCUT2D eigenvalue weighted by atomic mass is 9.87. The molecule has 0 amide bonds. The van der Waals surface area contributed by atoms with Crippen molar-refractivity contribution in [2.75, 3.05) is 87.3 Å². The highest BCUT2D eigenvalue weighted by Crippen LogP contribution is 2.47. The van der Waals surface area contributed by atoms with E-state index in [2.05, 4.69) is 76.0 Å². The minimum absolute atomic E-state index is 0.144. The Labute approximate surface area is 239 Å². The molecule has 0 N–H and O–H groups in total. The van der Waals surface area contributed by atoms with Crippen LogP contribution in [-0.2, 0) is 10.2 Å². The van der Waals surface area contributed by atoms with Gasteiger partial charge in [-0.25, -0.2) is 9.97 Å². The van der Waals surface area contributed by atoms with Gasteiger partial charge in [0.2, 0.25) is 0 Å². The fraction of sp³-hybridized carbons (Fsp3) is 0.576. The van der Waals surface area contributed by atoms with E-state index >= 15 is 0 Å². The second-order valence-corrected chi connectivity index (χ2v) is 12.7. The highest BCUT2D eigenvalue weighted by atomic mass is 16.5. The third-order valence-corrected chi connectivity index (χ3v) is 9.86.